The van der Waals surface area contributed by atoms with E-state index in [1.807, 2.05) is 0 Å². The van der Waals surface area contributed by atoms with Crippen LogP contribution in [0.15, 0.2) is 0 Å². The smallest absolute Gasteiger partial charge is 0.106 e. The van der Waals surface area contributed by atoms with E-state index >= 15 is 0 Å². The molecule has 3 heteroatoms. The summed E-state index contributed by atoms with van der Waals surface area (Å²) >= 11 is 0. The molecule has 0 aromatic rings. The van der Waals surface area contributed by atoms with Crippen LogP contribution in [0, 0.1) is 11.3 Å². The van der Waals surface area contributed by atoms with Crippen LogP contribution in [0.1, 0.15) is 60.8 Å². The van der Waals surface area contributed by atoms with Gasteiger partial charge in [-0.1, -0.05) is 13.8 Å². The summed E-state index contributed by atoms with van der Waals surface area (Å²) in [5.74, 6) is 0. The van der Waals surface area contributed by atoms with Crippen LogP contribution in [-0.4, -0.2) is 35.6 Å². The van der Waals surface area contributed by atoms with E-state index < -0.39 is 0 Å². The maximum Gasteiger partial charge on any atom is 0.106 e. The van der Waals surface area contributed by atoms with E-state index in [-0.39, 0.29) is 5.54 Å². The zero-order chi connectivity index (χ0) is 14.2. The molecule has 0 amide bonds. The second kappa shape index (κ2) is 8.50. The van der Waals surface area contributed by atoms with E-state index in [2.05, 4.69) is 57.8 Å². The highest BCUT2D eigenvalue weighted by Gasteiger charge is 2.28. The number of hydrogen-bond acceptors (Lipinski definition) is 3. The lowest BCUT2D eigenvalue weighted by Gasteiger charge is -2.31. The fourth-order valence-corrected chi connectivity index (χ4v) is 2.44. The standard InChI is InChI=1S/C15H31N3/c1-7-15(12-16,17-13(3)4)10-9-11-18(8-2)14(5)6/h13-14,17H,7-11H2,1-6H3. The number of rotatable bonds is 9. The average Bonchev–Trinajstić information content (AvgIpc) is 2.32. The summed E-state index contributed by atoms with van der Waals surface area (Å²) in [6.45, 7) is 15.1. The number of hydrogen-bond donors (Lipinski definition) is 1. The van der Waals surface area contributed by atoms with Crippen molar-refractivity contribution in [3.63, 3.8) is 0 Å². The minimum atomic E-state index is -0.343. The Morgan fingerprint density at radius 3 is 2.17 bits per heavy atom. The maximum absolute atomic E-state index is 9.43. The zero-order valence-electron chi connectivity index (χ0n) is 13.1. The van der Waals surface area contributed by atoms with Crippen molar-refractivity contribution in [1.29, 1.82) is 5.26 Å². The van der Waals surface area contributed by atoms with Gasteiger partial charge in [0, 0.05) is 12.1 Å². The van der Waals surface area contributed by atoms with Gasteiger partial charge in [0.2, 0.25) is 0 Å². The van der Waals surface area contributed by atoms with Gasteiger partial charge < -0.3 is 4.90 Å². The van der Waals surface area contributed by atoms with E-state index in [1.54, 1.807) is 0 Å². The van der Waals surface area contributed by atoms with Crippen molar-refractivity contribution in [2.45, 2.75) is 78.4 Å². The van der Waals surface area contributed by atoms with E-state index in [9.17, 15) is 5.26 Å². The van der Waals surface area contributed by atoms with E-state index in [1.165, 1.54) is 0 Å². The monoisotopic (exact) mass is 253 g/mol. The van der Waals surface area contributed by atoms with Crippen molar-refractivity contribution in [2.24, 2.45) is 0 Å². The second-order valence-corrected chi connectivity index (χ2v) is 5.67. The first-order valence-corrected chi connectivity index (χ1v) is 7.33. The zero-order valence-corrected chi connectivity index (χ0v) is 13.1. The molecule has 106 valence electrons. The van der Waals surface area contributed by atoms with E-state index in [0.717, 1.165) is 32.4 Å². The maximum atomic E-state index is 9.43. The van der Waals surface area contributed by atoms with Crippen LogP contribution in [-0.2, 0) is 0 Å². The van der Waals surface area contributed by atoms with Crippen molar-refractivity contribution in [2.75, 3.05) is 13.1 Å². The van der Waals surface area contributed by atoms with Crippen LogP contribution in [0.4, 0.5) is 0 Å². The fraction of sp³-hybridized carbons (Fsp3) is 0.933. The van der Waals surface area contributed by atoms with Crippen LogP contribution in [0.5, 0.6) is 0 Å². The Kier molecular flexibility index (Phi) is 8.22. The number of nitrogens with zero attached hydrogens (tertiary/aromatic N) is 2. The molecule has 1 atom stereocenters. The third kappa shape index (κ3) is 5.84. The molecule has 0 aromatic heterocycles. The molecule has 0 saturated carbocycles. The first kappa shape index (κ1) is 17.4. The summed E-state index contributed by atoms with van der Waals surface area (Å²) in [6, 6.07) is 3.44. The third-order valence-electron chi connectivity index (χ3n) is 3.57. The molecule has 0 fully saturated rings. The Morgan fingerprint density at radius 2 is 1.83 bits per heavy atom. The molecule has 0 bridgehead atoms. The van der Waals surface area contributed by atoms with E-state index in [4.69, 9.17) is 0 Å². The van der Waals surface area contributed by atoms with Gasteiger partial charge in [-0.05, 0) is 60.0 Å². The quantitative estimate of drug-likeness (QED) is 0.686. The Hall–Kier alpha value is -0.590. The lowest BCUT2D eigenvalue weighted by atomic mass is 9.91. The van der Waals surface area contributed by atoms with Gasteiger partial charge >= 0.3 is 0 Å². The molecule has 0 aliphatic heterocycles. The number of nitrogens with one attached hydrogen (secondary N) is 1. The first-order chi connectivity index (χ1) is 8.40. The lowest BCUT2D eigenvalue weighted by molar-refractivity contribution is 0.217. The normalized spacial score (nSPS) is 15.1. The highest BCUT2D eigenvalue weighted by atomic mass is 15.1. The van der Waals surface area contributed by atoms with Crippen molar-refractivity contribution < 1.29 is 0 Å². The molecule has 0 aromatic carbocycles. The van der Waals surface area contributed by atoms with Crippen LogP contribution in [0.25, 0.3) is 0 Å². The predicted octanol–water partition coefficient (Wildman–Crippen LogP) is 3.17. The van der Waals surface area contributed by atoms with Crippen LogP contribution >= 0.6 is 0 Å². The van der Waals surface area contributed by atoms with Crippen molar-refractivity contribution in [3.05, 3.63) is 0 Å². The predicted molar refractivity (Wildman–Crippen MR) is 78.5 cm³/mol. The molecule has 0 aliphatic carbocycles. The molecule has 0 saturated heterocycles. The third-order valence-corrected chi connectivity index (χ3v) is 3.57. The minimum Gasteiger partial charge on any atom is -0.301 e. The van der Waals surface area contributed by atoms with Gasteiger partial charge in [-0.3, -0.25) is 5.32 Å². The fourth-order valence-electron chi connectivity index (χ4n) is 2.44. The SMILES string of the molecule is CCN(CCCC(C#N)(CC)NC(C)C)C(C)C. The molecular formula is C15H31N3. The van der Waals surface area contributed by atoms with Gasteiger partial charge in [0.05, 0.1) is 6.07 Å². The Bertz CT molecular complexity index is 255. The largest absolute Gasteiger partial charge is 0.301 e. The van der Waals surface area contributed by atoms with Gasteiger partial charge in [0.1, 0.15) is 5.54 Å². The van der Waals surface area contributed by atoms with Crippen molar-refractivity contribution in [3.8, 4) is 6.07 Å². The highest BCUT2D eigenvalue weighted by molar-refractivity contribution is 5.06. The molecule has 1 N–H and O–H groups in total. The summed E-state index contributed by atoms with van der Waals surface area (Å²) < 4.78 is 0. The molecule has 18 heavy (non-hydrogen) atoms. The van der Waals surface area contributed by atoms with Crippen LogP contribution < -0.4 is 5.32 Å². The molecule has 0 radical (unpaired) electrons. The number of nitriles is 1. The van der Waals surface area contributed by atoms with Gasteiger partial charge in [0.25, 0.3) is 0 Å². The summed E-state index contributed by atoms with van der Waals surface area (Å²) in [5.41, 5.74) is -0.343. The van der Waals surface area contributed by atoms with E-state index in [0.29, 0.717) is 12.1 Å². The lowest BCUT2D eigenvalue weighted by Crippen LogP contribution is -2.47. The van der Waals surface area contributed by atoms with Gasteiger partial charge in [-0.15, -0.1) is 0 Å². The Labute approximate surface area is 114 Å². The molecular weight excluding hydrogens is 222 g/mol. The molecule has 0 aliphatic rings. The first-order valence-electron chi connectivity index (χ1n) is 7.33. The summed E-state index contributed by atoms with van der Waals surface area (Å²) in [4.78, 5) is 2.45. The van der Waals surface area contributed by atoms with Gasteiger partial charge in [-0.2, -0.15) is 5.26 Å². The van der Waals surface area contributed by atoms with Crippen LogP contribution in [0.3, 0.4) is 0 Å². The minimum absolute atomic E-state index is 0.343. The molecule has 3 nitrogen and oxygen atoms in total. The summed E-state index contributed by atoms with van der Waals surface area (Å²) in [6.07, 6.45) is 2.88. The van der Waals surface area contributed by atoms with Gasteiger partial charge in [-0.25, -0.2) is 0 Å². The summed E-state index contributed by atoms with van der Waals surface area (Å²) in [7, 11) is 0. The van der Waals surface area contributed by atoms with Crippen LogP contribution in [0.2, 0.25) is 0 Å². The van der Waals surface area contributed by atoms with Gasteiger partial charge in [0.15, 0.2) is 0 Å². The Morgan fingerprint density at radius 1 is 1.22 bits per heavy atom. The highest BCUT2D eigenvalue weighted by Crippen LogP contribution is 2.18. The second-order valence-electron chi connectivity index (χ2n) is 5.67. The molecule has 0 rings (SSSR count). The summed E-state index contributed by atoms with van der Waals surface area (Å²) in [5, 5.41) is 12.9. The van der Waals surface area contributed by atoms with Crippen molar-refractivity contribution >= 4 is 0 Å². The average molecular weight is 253 g/mol. The molecule has 0 spiro atoms. The Balaban J connectivity index is 4.32. The molecule has 1 unspecified atom stereocenters. The topological polar surface area (TPSA) is 39.1 Å². The van der Waals surface area contributed by atoms with Crippen molar-refractivity contribution in [1.82, 2.24) is 10.2 Å². The molecule has 0 heterocycles.